The molecular weight excluding hydrogens is 146 g/mol. The molecule has 0 amide bonds. The summed E-state index contributed by atoms with van der Waals surface area (Å²) in [4.78, 5) is 4.12. The van der Waals surface area contributed by atoms with E-state index in [2.05, 4.69) is 4.99 Å². The van der Waals surface area contributed by atoms with Crippen molar-refractivity contribution in [3.63, 3.8) is 0 Å². The lowest BCUT2D eigenvalue weighted by atomic mass is 10.1. The Morgan fingerprint density at radius 1 is 1.17 bits per heavy atom. The van der Waals surface area contributed by atoms with Crippen LogP contribution in [0.5, 0.6) is 0 Å². The molecule has 0 N–H and O–H groups in total. The maximum absolute atomic E-state index is 7.72. The Morgan fingerprint density at radius 2 is 2.08 bits per heavy atom. The Hall–Kier alpha value is -1.63. The van der Waals surface area contributed by atoms with Crippen LogP contribution >= 0.6 is 0 Å². The van der Waals surface area contributed by atoms with Gasteiger partial charge in [0, 0.05) is 17.1 Å². The molecule has 1 heterocycles. The lowest BCUT2D eigenvalue weighted by molar-refractivity contribution is 1.63. The summed E-state index contributed by atoms with van der Waals surface area (Å²) >= 11 is 0. The van der Waals surface area contributed by atoms with Gasteiger partial charge >= 0.3 is 0 Å². The average molecular weight is 155 g/mol. The van der Waals surface area contributed by atoms with Crippen molar-refractivity contribution in [2.75, 3.05) is 0 Å². The predicted octanol–water partition coefficient (Wildman–Crippen LogP) is 2.90. The van der Waals surface area contributed by atoms with E-state index in [1.165, 1.54) is 0 Å². The first-order valence-corrected chi connectivity index (χ1v) is 3.85. The van der Waals surface area contributed by atoms with Gasteiger partial charge in [0.05, 0.1) is 8.43 Å². The van der Waals surface area contributed by atoms with E-state index in [1.807, 2.05) is 24.3 Å². The van der Waals surface area contributed by atoms with Gasteiger partial charge in [-0.1, -0.05) is 30.3 Å². The molecule has 0 atom stereocenters. The summed E-state index contributed by atoms with van der Waals surface area (Å²) < 4.78 is 15.4. The molecule has 2 aromatic rings. The molecule has 0 saturated heterocycles. The van der Waals surface area contributed by atoms with Gasteiger partial charge in [0.2, 0.25) is 0 Å². The summed E-state index contributed by atoms with van der Waals surface area (Å²) in [6.07, 6.45) is 0.210. The van der Waals surface area contributed by atoms with Gasteiger partial charge in [0.25, 0.3) is 0 Å². The number of hydrogen-bond acceptors (Lipinski definition) is 1. The SMILES string of the molecule is [2H]C1=Nc2cccc3ccc([2H])c1c23. The van der Waals surface area contributed by atoms with E-state index in [4.69, 9.17) is 2.74 Å². The van der Waals surface area contributed by atoms with Crippen LogP contribution in [-0.4, -0.2) is 6.19 Å². The van der Waals surface area contributed by atoms with Gasteiger partial charge in [-0.3, -0.25) is 4.99 Å². The molecule has 1 nitrogen and oxygen atoms in total. The van der Waals surface area contributed by atoms with Crippen molar-refractivity contribution < 1.29 is 2.74 Å². The van der Waals surface area contributed by atoms with Crippen LogP contribution < -0.4 is 0 Å². The van der Waals surface area contributed by atoms with E-state index in [0.717, 1.165) is 16.5 Å². The van der Waals surface area contributed by atoms with E-state index in [1.54, 1.807) is 6.07 Å². The van der Waals surface area contributed by atoms with Crippen LogP contribution in [0.4, 0.5) is 5.69 Å². The van der Waals surface area contributed by atoms with E-state index in [9.17, 15) is 0 Å². The largest absolute Gasteiger partial charge is 0.256 e. The zero-order valence-electron chi connectivity index (χ0n) is 8.33. The first-order valence-electron chi connectivity index (χ1n) is 4.85. The fraction of sp³-hybridized carbons (Fsp3) is 0. The molecule has 12 heavy (non-hydrogen) atoms. The van der Waals surface area contributed by atoms with Crippen molar-refractivity contribution in [2.45, 2.75) is 0 Å². The van der Waals surface area contributed by atoms with Gasteiger partial charge < -0.3 is 0 Å². The van der Waals surface area contributed by atoms with Crippen LogP contribution in [0.3, 0.4) is 0 Å². The molecule has 1 heteroatoms. The van der Waals surface area contributed by atoms with Crippen molar-refractivity contribution in [1.82, 2.24) is 0 Å². The Kier molecular flexibility index (Phi) is 0.715. The molecule has 0 saturated carbocycles. The van der Waals surface area contributed by atoms with Crippen LogP contribution in [0, 0.1) is 0 Å². The standard InChI is InChI=1S/C11H7N/c1-3-8-4-2-6-10-11(8)9(5-1)7-12-10/h1-7H/i5D,7D. The first-order chi connectivity index (χ1) is 6.77. The van der Waals surface area contributed by atoms with Crippen LogP contribution in [0.1, 0.15) is 8.30 Å². The highest BCUT2D eigenvalue weighted by Crippen LogP contribution is 2.32. The summed E-state index contributed by atoms with van der Waals surface area (Å²) in [5, 5.41) is 2.00. The minimum atomic E-state index is 0.210. The van der Waals surface area contributed by atoms with Gasteiger partial charge in [-0.15, -0.1) is 0 Å². The third-order valence-corrected chi connectivity index (χ3v) is 2.10. The first kappa shape index (κ1) is 4.41. The quantitative estimate of drug-likeness (QED) is 0.554. The van der Waals surface area contributed by atoms with E-state index >= 15 is 0 Å². The Morgan fingerprint density at radius 3 is 3.08 bits per heavy atom. The zero-order chi connectivity index (χ0) is 9.71. The molecule has 3 rings (SSSR count). The van der Waals surface area contributed by atoms with Gasteiger partial charge in [0.1, 0.15) is 0 Å². The summed E-state index contributed by atoms with van der Waals surface area (Å²) in [5.74, 6) is 0. The molecule has 0 spiro atoms. The van der Waals surface area contributed by atoms with Crippen LogP contribution in [-0.2, 0) is 0 Å². The van der Waals surface area contributed by atoms with Crippen molar-refractivity contribution >= 4 is 22.7 Å². The summed E-state index contributed by atoms with van der Waals surface area (Å²) in [7, 11) is 0. The third-order valence-electron chi connectivity index (χ3n) is 2.10. The number of nitrogens with zero attached hydrogens (tertiary/aromatic N) is 1. The highest BCUT2D eigenvalue weighted by Gasteiger charge is 2.07. The van der Waals surface area contributed by atoms with Crippen LogP contribution in [0.25, 0.3) is 10.8 Å². The third kappa shape index (κ3) is 0.607. The van der Waals surface area contributed by atoms with E-state index in [-0.39, 0.29) is 6.19 Å². The van der Waals surface area contributed by atoms with E-state index < -0.39 is 0 Å². The molecule has 0 aliphatic carbocycles. The van der Waals surface area contributed by atoms with Crippen molar-refractivity contribution in [2.24, 2.45) is 4.99 Å². The van der Waals surface area contributed by atoms with Gasteiger partial charge in [-0.25, -0.2) is 0 Å². The molecule has 2 aromatic carbocycles. The van der Waals surface area contributed by atoms with Crippen molar-refractivity contribution in [3.8, 4) is 0 Å². The molecule has 0 unspecified atom stereocenters. The lowest BCUT2D eigenvalue weighted by Gasteiger charge is -1.97. The average Bonchev–Trinajstić information content (AvgIpc) is 2.51. The topological polar surface area (TPSA) is 12.4 Å². The second-order valence-corrected chi connectivity index (χ2v) is 2.82. The molecular formula is C11H7N. The smallest absolute Gasteiger partial charge is 0.0847 e. The summed E-state index contributed by atoms with van der Waals surface area (Å²) in [5.41, 5.74) is 1.48. The lowest BCUT2D eigenvalue weighted by Crippen LogP contribution is -1.76. The van der Waals surface area contributed by atoms with Gasteiger partial charge in [0.15, 0.2) is 0 Å². The maximum Gasteiger partial charge on any atom is 0.0847 e. The minimum Gasteiger partial charge on any atom is -0.256 e. The monoisotopic (exact) mass is 155 g/mol. The number of rotatable bonds is 0. The normalized spacial score (nSPS) is 15.8. The van der Waals surface area contributed by atoms with E-state index in [0.29, 0.717) is 11.6 Å². The van der Waals surface area contributed by atoms with Gasteiger partial charge in [-0.05, 0) is 11.5 Å². The second kappa shape index (κ2) is 1.95. The van der Waals surface area contributed by atoms with Gasteiger partial charge in [-0.2, -0.15) is 0 Å². The zero-order valence-corrected chi connectivity index (χ0v) is 6.33. The summed E-state index contributed by atoms with van der Waals surface area (Å²) in [6, 6.07) is 9.79. The molecule has 1 aliphatic heterocycles. The predicted molar refractivity (Wildman–Crippen MR) is 51.2 cm³/mol. The van der Waals surface area contributed by atoms with Crippen LogP contribution in [0.15, 0.2) is 41.4 Å². The Labute approximate surface area is 73.2 Å². The number of benzene rings is 2. The molecule has 0 radical (unpaired) electrons. The van der Waals surface area contributed by atoms with Crippen LogP contribution in [0.2, 0.25) is 0 Å². The van der Waals surface area contributed by atoms with Crippen molar-refractivity contribution in [3.05, 3.63) is 41.9 Å². The number of hydrogen-bond donors (Lipinski definition) is 0. The van der Waals surface area contributed by atoms with Crippen molar-refractivity contribution in [1.29, 1.82) is 0 Å². The summed E-state index contributed by atoms with van der Waals surface area (Å²) in [6.45, 7) is 0. The minimum absolute atomic E-state index is 0.210. The molecule has 0 aromatic heterocycles. The molecule has 1 aliphatic rings. The highest BCUT2D eigenvalue weighted by molar-refractivity contribution is 6.10. The highest BCUT2D eigenvalue weighted by atomic mass is 14.7. The molecule has 0 bridgehead atoms. The fourth-order valence-electron chi connectivity index (χ4n) is 1.55. The Bertz CT molecular complexity index is 573. The number of aliphatic imine (C=N–C) groups is 1. The second-order valence-electron chi connectivity index (χ2n) is 2.82. The maximum atomic E-state index is 7.72. The Balaban J connectivity index is 2.60. The molecule has 56 valence electrons. The molecule has 0 fully saturated rings. The fourth-order valence-corrected chi connectivity index (χ4v) is 1.55.